The zero-order valence-corrected chi connectivity index (χ0v) is 24.7. The summed E-state index contributed by atoms with van der Waals surface area (Å²) < 4.78 is 24.9. The Morgan fingerprint density at radius 1 is 1.10 bits per heavy atom. The molecule has 0 bridgehead atoms. The highest BCUT2D eigenvalue weighted by molar-refractivity contribution is 5.87. The Morgan fingerprint density at radius 3 is 2.57 bits per heavy atom. The minimum absolute atomic E-state index is 0.00724. The van der Waals surface area contributed by atoms with Gasteiger partial charge < -0.3 is 19.7 Å². The second kappa shape index (κ2) is 14.1. The summed E-state index contributed by atoms with van der Waals surface area (Å²) in [7, 11) is 5.77. The first-order valence-corrected chi connectivity index (χ1v) is 14.1. The number of methoxy groups -OCH3 is 1. The highest BCUT2D eigenvalue weighted by atomic mass is 19.1. The van der Waals surface area contributed by atoms with Crippen molar-refractivity contribution in [1.29, 1.82) is 5.26 Å². The van der Waals surface area contributed by atoms with Crippen molar-refractivity contribution < 1.29 is 18.7 Å². The fourth-order valence-corrected chi connectivity index (χ4v) is 5.44. The molecule has 0 fully saturated rings. The number of nitrogens with zero attached hydrogens (tertiary/aromatic N) is 2. The molecule has 7 heteroatoms. The number of carbonyl (C=O) groups excluding carboxylic acids is 1. The molecule has 1 unspecified atom stereocenters. The maximum Gasteiger partial charge on any atom is 0.216 e. The van der Waals surface area contributed by atoms with Gasteiger partial charge in [0.25, 0.3) is 0 Å². The first kappa shape index (κ1) is 30.7. The first-order chi connectivity index (χ1) is 20.3. The number of nitriles is 1. The van der Waals surface area contributed by atoms with Crippen LogP contribution in [-0.2, 0) is 28.2 Å². The zero-order valence-electron chi connectivity index (χ0n) is 24.7. The van der Waals surface area contributed by atoms with Gasteiger partial charge in [-0.3, -0.25) is 4.79 Å². The van der Waals surface area contributed by atoms with Gasteiger partial charge in [0.2, 0.25) is 5.91 Å². The third-order valence-electron chi connectivity index (χ3n) is 7.54. The van der Waals surface area contributed by atoms with E-state index in [2.05, 4.69) is 34.5 Å². The molecule has 1 N–H and O–H groups in total. The number of halogens is 1. The number of ether oxygens (including phenoxy) is 2. The van der Waals surface area contributed by atoms with Gasteiger partial charge in [0.15, 0.2) is 0 Å². The molecular weight excluding hydrogens is 529 g/mol. The van der Waals surface area contributed by atoms with E-state index in [0.717, 1.165) is 48.2 Å². The summed E-state index contributed by atoms with van der Waals surface area (Å²) >= 11 is 0. The van der Waals surface area contributed by atoms with Crippen LogP contribution in [-0.4, -0.2) is 45.1 Å². The molecule has 0 aliphatic carbocycles. The molecule has 1 aliphatic heterocycles. The molecule has 0 aromatic heterocycles. The van der Waals surface area contributed by atoms with Crippen LogP contribution in [0, 0.1) is 17.1 Å². The van der Waals surface area contributed by atoms with Crippen LogP contribution in [0.25, 0.3) is 10.8 Å². The van der Waals surface area contributed by atoms with E-state index in [4.69, 9.17) is 14.7 Å². The average Bonchev–Trinajstić information content (AvgIpc) is 3.36. The molecule has 218 valence electrons. The summed E-state index contributed by atoms with van der Waals surface area (Å²) in [5.74, 6) is 0.613. The predicted octanol–water partition coefficient (Wildman–Crippen LogP) is 6.34. The van der Waals surface area contributed by atoms with Gasteiger partial charge in [0.1, 0.15) is 17.2 Å². The van der Waals surface area contributed by atoms with Crippen LogP contribution >= 0.6 is 0 Å². The fraction of sp³-hybridized carbons (Fsp3) is 0.314. The van der Waals surface area contributed by atoms with Gasteiger partial charge in [-0.2, -0.15) is 5.26 Å². The van der Waals surface area contributed by atoms with E-state index in [-0.39, 0.29) is 11.7 Å². The standard InChI is InChI=1S/C20H21FN2O.C15H17NO2/c1-23(2)11-3-10-20(17-5-7-18(21)8-6-17)19-9-4-15(13-22)12-16(19)14-24-20;1-11(17)16-9-8-13-5-3-4-12-6-7-14(18-2)10-15(12)13/h4-9,12H,3,10-11,14H2,1-2H3;3-7,10H,8-9H2,1-2H3,(H,16,17). The van der Waals surface area contributed by atoms with Crippen molar-refractivity contribution in [2.75, 3.05) is 34.3 Å². The Hall–Kier alpha value is -4.25. The van der Waals surface area contributed by atoms with Crippen LogP contribution in [0.15, 0.2) is 78.9 Å². The minimum atomic E-state index is -0.562. The van der Waals surface area contributed by atoms with Crippen LogP contribution in [0.1, 0.15) is 47.6 Å². The quantitative estimate of drug-likeness (QED) is 0.256. The largest absolute Gasteiger partial charge is 0.497 e. The number of rotatable bonds is 9. The van der Waals surface area contributed by atoms with Crippen LogP contribution in [0.2, 0.25) is 0 Å². The molecule has 1 aliphatic rings. The molecule has 42 heavy (non-hydrogen) atoms. The third kappa shape index (κ3) is 7.33. The Labute approximate surface area is 247 Å². The van der Waals surface area contributed by atoms with Crippen molar-refractivity contribution in [2.45, 2.75) is 38.4 Å². The normalized spacial score (nSPS) is 15.5. The number of amides is 1. The molecule has 1 atom stereocenters. The van der Waals surface area contributed by atoms with Crippen LogP contribution in [0.3, 0.4) is 0 Å². The molecule has 4 aromatic rings. The number of carbonyl (C=O) groups is 1. The Balaban J connectivity index is 0.000000201. The van der Waals surface area contributed by atoms with Crippen molar-refractivity contribution in [3.63, 3.8) is 0 Å². The van der Waals surface area contributed by atoms with Gasteiger partial charge >= 0.3 is 0 Å². The van der Waals surface area contributed by atoms with Crippen molar-refractivity contribution in [2.24, 2.45) is 0 Å². The van der Waals surface area contributed by atoms with E-state index in [1.54, 1.807) is 19.2 Å². The van der Waals surface area contributed by atoms with E-state index >= 15 is 0 Å². The summed E-state index contributed by atoms with van der Waals surface area (Å²) in [4.78, 5) is 13.0. The molecule has 6 nitrogen and oxygen atoms in total. The maximum absolute atomic E-state index is 13.4. The van der Waals surface area contributed by atoms with Gasteiger partial charge in [0.05, 0.1) is 25.3 Å². The first-order valence-electron chi connectivity index (χ1n) is 14.1. The van der Waals surface area contributed by atoms with E-state index < -0.39 is 5.60 Å². The molecular formula is C35H38FN3O3. The van der Waals surface area contributed by atoms with Crippen molar-refractivity contribution >= 4 is 16.7 Å². The summed E-state index contributed by atoms with van der Waals surface area (Å²) in [6.07, 6.45) is 2.60. The molecule has 1 heterocycles. The molecule has 5 rings (SSSR count). The van der Waals surface area contributed by atoms with E-state index in [9.17, 15) is 9.18 Å². The Kier molecular flexibility index (Phi) is 10.3. The number of hydrogen-bond donors (Lipinski definition) is 1. The van der Waals surface area contributed by atoms with Crippen molar-refractivity contribution in [1.82, 2.24) is 10.2 Å². The van der Waals surface area contributed by atoms with Gasteiger partial charge in [-0.1, -0.05) is 42.5 Å². The molecule has 0 saturated carbocycles. The smallest absolute Gasteiger partial charge is 0.216 e. The summed E-state index contributed by atoms with van der Waals surface area (Å²) in [6.45, 7) is 3.62. The zero-order chi connectivity index (χ0) is 30.1. The lowest BCUT2D eigenvalue weighted by atomic mass is 9.81. The van der Waals surface area contributed by atoms with Crippen molar-refractivity contribution in [3.05, 3.63) is 112 Å². The van der Waals surface area contributed by atoms with Gasteiger partial charge in [0, 0.05) is 13.5 Å². The molecule has 1 amide bonds. The summed E-state index contributed by atoms with van der Waals surface area (Å²) in [5, 5.41) is 14.3. The number of benzene rings is 4. The molecule has 0 spiro atoms. The molecule has 0 saturated heterocycles. The maximum atomic E-state index is 13.4. The summed E-state index contributed by atoms with van der Waals surface area (Å²) in [5.41, 5.74) is 4.40. The lowest BCUT2D eigenvalue weighted by molar-refractivity contribution is -0.118. The molecule has 0 radical (unpaired) electrons. The SMILES string of the molecule is CN(C)CCCC1(c2ccc(F)cc2)OCc2cc(C#N)ccc21.COc1ccc2cccc(CCNC(C)=O)c2c1. The molecule has 4 aromatic carbocycles. The topological polar surface area (TPSA) is 74.6 Å². The number of fused-ring (bicyclic) bond motifs is 2. The highest BCUT2D eigenvalue weighted by Crippen LogP contribution is 2.45. The highest BCUT2D eigenvalue weighted by Gasteiger charge is 2.41. The van der Waals surface area contributed by atoms with E-state index in [1.807, 2.05) is 50.5 Å². The Morgan fingerprint density at radius 2 is 1.88 bits per heavy atom. The van der Waals surface area contributed by atoms with E-state index in [0.29, 0.717) is 18.7 Å². The second-order valence-corrected chi connectivity index (χ2v) is 10.8. The third-order valence-corrected chi connectivity index (χ3v) is 7.54. The van der Waals surface area contributed by atoms with E-state index in [1.165, 1.54) is 35.4 Å². The monoisotopic (exact) mass is 567 g/mol. The average molecular weight is 568 g/mol. The van der Waals surface area contributed by atoms with Crippen molar-refractivity contribution in [3.8, 4) is 11.8 Å². The lowest BCUT2D eigenvalue weighted by Gasteiger charge is -2.31. The summed E-state index contributed by atoms with van der Waals surface area (Å²) in [6, 6.07) is 26.7. The Bertz CT molecular complexity index is 1560. The fourth-order valence-electron chi connectivity index (χ4n) is 5.44. The van der Waals surface area contributed by atoms with Gasteiger partial charge in [-0.15, -0.1) is 0 Å². The van der Waals surface area contributed by atoms with Gasteiger partial charge in [-0.05, 0) is 109 Å². The number of hydrogen-bond acceptors (Lipinski definition) is 5. The van der Waals surface area contributed by atoms with Crippen LogP contribution in [0.5, 0.6) is 5.75 Å². The lowest BCUT2D eigenvalue weighted by Crippen LogP contribution is -2.28. The van der Waals surface area contributed by atoms with Crippen LogP contribution < -0.4 is 10.1 Å². The number of nitrogens with one attached hydrogen (secondary N) is 1. The minimum Gasteiger partial charge on any atom is -0.497 e. The second-order valence-electron chi connectivity index (χ2n) is 10.8. The van der Waals surface area contributed by atoms with Crippen LogP contribution in [0.4, 0.5) is 4.39 Å². The predicted molar refractivity (Wildman–Crippen MR) is 164 cm³/mol. The van der Waals surface area contributed by atoms with Gasteiger partial charge in [-0.25, -0.2) is 4.39 Å².